The van der Waals surface area contributed by atoms with Crippen LogP contribution < -0.4 is 0 Å². The van der Waals surface area contributed by atoms with Crippen molar-refractivity contribution in [3.8, 4) is 0 Å². The van der Waals surface area contributed by atoms with Crippen LogP contribution in [0.1, 0.15) is 0 Å². The second-order valence-corrected chi connectivity index (χ2v) is 5.07. The number of rotatable bonds is 12. The molecule has 1 N–H and O–H groups in total. The average molecular weight is 262 g/mol. The molecule has 6 heteroatoms. The van der Waals surface area contributed by atoms with Gasteiger partial charge in [-0.25, -0.2) is 0 Å². The van der Waals surface area contributed by atoms with Crippen LogP contribution in [0.4, 0.5) is 0 Å². The molecule has 0 rings (SSSR count). The molecule has 0 heterocycles. The molecule has 5 nitrogen and oxygen atoms in total. The van der Waals surface area contributed by atoms with E-state index in [9.17, 15) is 0 Å². The molecule has 1 unspecified atom stereocenters. The predicted molar refractivity (Wildman–Crippen MR) is 68.1 cm³/mol. The minimum atomic E-state index is -1.64. The standard InChI is InChI=1S/C11H22O5Si/c1-3-13-4-5-14-6-7-15-8-9-16-10-11-17(2)12/h3,10-12,17H,1,4-9H2,2H3/b11-10+. The van der Waals surface area contributed by atoms with Crippen LogP contribution in [0.5, 0.6) is 0 Å². The van der Waals surface area contributed by atoms with E-state index in [1.807, 2.05) is 0 Å². The van der Waals surface area contributed by atoms with Gasteiger partial charge in [0.15, 0.2) is 9.04 Å². The van der Waals surface area contributed by atoms with E-state index >= 15 is 0 Å². The molecule has 0 aromatic heterocycles. The van der Waals surface area contributed by atoms with Crippen LogP contribution in [-0.2, 0) is 18.9 Å². The van der Waals surface area contributed by atoms with E-state index in [0.29, 0.717) is 39.6 Å². The molecule has 0 radical (unpaired) electrons. The molecular formula is C11H22O5Si. The smallest absolute Gasteiger partial charge is 0.196 e. The molecule has 1 atom stereocenters. The van der Waals surface area contributed by atoms with Crippen molar-refractivity contribution >= 4 is 9.04 Å². The van der Waals surface area contributed by atoms with E-state index in [1.54, 1.807) is 12.2 Å². The molecule has 0 amide bonds. The van der Waals surface area contributed by atoms with Crippen LogP contribution in [0.25, 0.3) is 0 Å². The molecule has 0 aliphatic rings. The highest BCUT2D eigenvalue weighted by atomic mass is 28.3. The molecule has 0 fully saturated rings. The van der Waals surface area contributed by atoms with E-state index in [2.05, 4.69) is 6.58 Å². The van der Waals surface area contributed by atoms with Crippen molar-refractivity contribution in [3.63, 3.8) is 0 Å². The van der Waals surface area contributed by atoms with Crippen molar-refractivity contribution in [2.75, 3.05) is 39.6 Å². The van der Waals surface area contributed by atoms with Gasteiger partial charge < -0.3 is 23.7 Å². The summed E-state index contributed by atoms with van der Waals surface area (Å²) in [6.45, 7) is 8.33. The molecule has 100 valence electrons. The molecule has 0 aliphatic carbocycles. The van der Waals surface area contributed by atoms with Crippen molar-refractivity contribution in [2.45, 2.75) is 6.55 Å². The van der Waals surface area contributed by atoms with E-state index in [1.165, 1.54) is 12.5 Å². The summed E-state index contributed by atoms with van der Waals surface area (Å²) >= 11 is 0. The van der Waals surface area contributed by atoms with Gasteiger partial charge in [-0.1, -0.05) is 6.58 Å². The molecule has 0 aromatic rings. The lowest BCUT2D eigenvalue weighted by atomic mass is 10.7. The SMILES string of the molecule is C=COCCOCCOCCO/C=C/[SiH](C)O. The third-order valence-electron chi connectivity index (χ3n) is 1.63. The van der Waals surface area contributed by atoms with Crippen LogP contribution in [0, 0.1) is 0 Å². The Morgan fingerprint density at radius 2 is 1.53 bits per heavy atom. The third kappa shape index (κ3) is 15.2. The lowest BCUT2D eigenvalue weighted by Crippen LogP contribution is -2.10. The second-order valence-electron chi connectivity index (χ2n) is 3.20. The summed E-state index contributed by atoms with van der Waals surface area (Å²) < 4.78 is 20.4. The molecule has 17 heavy (non-hydrogen) atoms. The average Bonchev–Trinajstić information content (AvgIpc) is 2.30. The van der Waals surface area contributed by atoms with Gasteiger partial charge in [0.2, 0.25) is 0 Å². The highest BCUT2D eigenvalue weighted by Gasteiger charge is 1.91. The van der Waals surface area contributed by atoms with Gasteiger partial charge in [0.1, 0.15) is 13.2 Å². The molecule has 0 bridgehead atoms. The van der Waals surface area contributed by atoms with Gasteiger partial charge in [0, 0.05) is 0 Å². The zero-order valence-electron chi connectivity index (χ0n) is 10.3. The summed E-state index contributed by atoms with van der Waals surface area (Å²) in [4.78, 5) is 9.02. The summed E-state index contributed by atoms with van der Waals surface area (Å²) in [5.41, 5.74) is 1.70. The van der Waals surface area contributed by atoms with Crippen LogP contribution >= 0.6 is 0 Å². The molecular weight excluding hydrogens is 240 g/mol. The maximum absolute atomic E-state index is 9.02. The Morgan fingerprint density at radius 1 is 1.00 bits per heavy atom. The van der Waals surface area contributed by atoms with E-state index < -0.39 is 9.04 Å². The molecule has 0 aliphatic heterocycles. The number of ether oxygens (including phenoxy) is 4. The van der Waals surface area contributed by atoms with Crippen molar-refractivity contribution in [2.24, 2.45) is 0 Å². The Labute approximate surface area is 104 Å². The fourth-order valence-electron chi connectivity index (χ4n) is 0.857. The molecule has 0 aromatic carbocycles. The monoisotopic (exact) mass is 262 g/mol. The fourth-order valence-corrected chi connectivity index (χ4v) is 1.20. The summed E-state index contributed by atoms with van der Waals surface area (Å²) in [6, 6.07) is 0. The first-order valence-corrected chi connectivity index (χ1v) is 7.95. The lowest BCUT2D eigenvalue weighted by molar-refractivity contribution is 0.0186. The lowest BCUT2D eigenvalue weighted by Gasteiger charge is -2.05. The summed E-state index contributed by atoms with van der Waals surface area (Å²) in [5.74, 6) is 0. The summed E-state index contributed by atoms with van der Waals surface area (Å²) in [5, 5.41) is 0. The number of hydrogen-bond donors (Lipinski definition) is 1. The van der Waals surface area contributed by atoms with Gasteiger partial charge in [0.25, 0.3) is 0 Å². The second kappa shape index (κ2) is 13.2. The Kier molecular flexibility index (Phi) is 12.6. The maximum Gasteiger partial charge on any atom is 0.196 e. The maximum atomic E-state index is 9.02. The van der Waals surface area contributed by atoms with Crippen molar-refractivity contribution in [1.82, 2.24) is 0 Å². The van der Waals surface area contributed by atoms with Crippen LogP contribution in [0.15, 0.2) is 24.8 Å². The zero-order chi connectivity index (χ0) is 12.8. The van der Waals surface area contributed by atoms with Gasteiger partial charge in [-0.2, -0.15) is 0 Å². The Bertz CT molecular complexity index is 196. The van der Waals surface area contributed by atoms with Gasteiger partial charge in [-0.15, -0.1) is 0 Å². The van der Waals surface area contributed by atoms with Crippen LogP contribution in [-0.4, -0.2) is 53.5 Å². The van der Waals surface area contributed by atoms with Crippen molar-refractivity contribution in [1.29, 1.82) is 0 Å². The topological polar surface area (TPSA) is 57.2 Å². The van der Waals surface area contributed by atoms with Gasteiger partial charge >= 0.3 is 0 Å². The molecule has 0 saturated carbocycles. The Morgan fingerprint density at radius 3 is 2.06 bits per heavy atom. The normalized spacial score (nSPS) is 12.6. The van der Waals surface area contributed by atoms with Crippen LogP contribution in [0.2, 0.25) is 6.55 Å². The summed E-state index contributed by atoms with van der Waals surface area (Å²) in [6.07, 6.45) is 2.92. The first-order valence-electron chi connectivity index (χ1n) is 5.61. The molecule has 0 spiro atoms. The minimum Gasteiger partial charge on any atom is -0.499 e. The van der Waals surface area contributed by atoms with Crippen molar-refractivity contribution < 1.29 is 23.7 Å². The minimum absolute atomic E-state index is 0.483. The highest BCUT2D eigenvalue weighted by molar-refractivity contribution is 6.54. The van der Waals surface area contributed by atoms with Gasteiger partial charge in [-0.3, -0.25) is 0 Å². The first-order chi connectivity index (χ1) is 8.27. The Balaban J connectivity index is 3.01. The fraction of sp³-hybridized carbons (Fsp3) is 0.636. The quantitative estimate of drug-likeness (QED) is 0.317. The van der Waals surface area contributed by atoms with Crippen LogP contribution in [0.3, 0.4) is 0 Å². The largest absolute Gasteiger partial charge is 0.499 e. The first kappa shape index (κ1) is 16.2. The Hall–Kier alpha value is -0.823. The van der Waals surface area contributed by atoms with E-state index in [0.717, 1.165) is 0 Å². The van der Waals surface area contributed by atoms with E-state index in [4.69, 9.17) is 23.7 Å². The number of hydrogen-bond acceptors (Lipinski definition) is 5. The predicted octanol–water partition coefficient (Wildman–Crippen LogP) is 0.595. The van der Waals surface area contributed by atoms with Gasteiger partial charge in [-0.05, 0) is 12.2 Å². The molecule has 0 saturated heterocycles. The van der Waals surface area contributed by atoms with Crippen molar-refractivity contribution in [3.05, 3.63) is 24.8 Å². The van der Waals surface area contributed by atoms with E-state index in [-0.39, 0.29) is 0 Å². The third-order valence-corrected chi connectivity index (χ3v) is 2.35. The highest BCUT2D eigenvalue weighted by Crippen LogP contribution is 1.84. The van der Waals surface area contributed by atoms with Gasteiger partial charge in [0.05, 0.1) is 39.0 Å². The summed E-state index contributed by atoms with van der Waals surface area (Å²) in [7, 11) is -1.64. The zero-order valence-corrected chi connectivity index (χ0v) is 11.5.